The number of methoxy groups -OCH3 is 1. The molecule has 0 aromatic heterocycles. The van der Waals surface area contributed by atoms with Crippen molar-refractivity contribution in [3.63, 3.8) is 0 Å². The lowest BCUT2D eigenvalue weighted by Gasteiger charge is -2.34. The number of fused-ring (bicyclic) bond motifs is 1. The van der Waals surface area contributed by atoms with Crippen LogP contribution >= 0.6 is 0 Å². The van der Waals surface area contributed by atoms with E-state index in [4.69, 9.17) is 4.74 Å². The summed E-state index contributed by atoms with van der Waals surface area (Å²) in [5, 5.41) is 2.85. The quantitative estimate of drug-likeness (QED) is 0.666. The van der Waals surface area contributed by atoms with Crippen molar-refractivity contribution in [2.45, 2.75) is 6.42 Å². The zero-order valence-electron chi connectivity index (χ0n) is 18.5. The largest absolute Gasteiger partial charge is 0.497 e. The Morgan fingerprint density at radius 3 is 2.28 bits per heavy atom. The molecule has 2 aromatic rings. The topological polar surface area (TPSA) is 82.2 Å². The second kappa shape index (κ2) is 9.50. The second-order valence-corrected chi connectivity index (χ2v) is 8.19. The van der Waals surface area contributed by atoms with Crippen LogP contribution < -0.4 is 10.1 Å². The Morgan fingerprint density at radius 1 is 0.938 bits per heavy atom. The smallest absolute Gasteiger partial charge is 0.261 e. The summed E-state index contributed by atoms with van der Waals surface area (Å²) >= 11 is 0. The molecule has 0 atom stereocenters. The van der Waals surface area contributed by atoms with Gasteiger partial charge in [0.1, 0.15) is 5.75 Å². The van der Waals surface area contributed by atoms with E-state index in [1.165, 1.54) is 12.6 Å². The standard InChI is InChI=1S/C24H28N4O4/c1-26-23(30)20-8-5-18(15-21(20)24(26)31)25-22(29)16-28-13-11-27(12-14-28)10-9-17-3-6-19(32-2)7-4-17/h3-8,15H,9-14,16H2,1-2H3,(H,25,29). The van der Waals surface area contributed by atoms with Gasteiger partial charge in [-0.15, -0.1) is 0 Å². The number of benzene rings is 2. The minimum atomic E-state index is -0.341. The van der Waals surface area contributed by atoms with Crippen LogP contribution in [0.15, 0.2) is 42.5 Å². The lowest BCUT2D eigenvalue weighted by Crippen LogP contribution is -2.49. The highest BCUT2D eigenvalue weighted by Crippen LogP contribution is 2.24. The van der Waals surface area contributed by atoms with Crippen molar-refractivity contribution in [1.82, 2.24) is 14.7 Å². The molecular weight excluding hydrogens is 408 g/mol. The number of hydrogen-bond acceptors (Lipinski definition) is 6. The van der Waals surface area contributed by atoms with Crippen molar-refractivity contribution in [1.29, 1.82) is 0 Å². The molecule has 2 aliphatic heterocycles. The molecule has 8 heteroatoms. The number of nitrogens with one attached hydrogen (secondary N) is 1. The van der Waals surface area contributed by atoms with E-state index in [1.807, 2.05) is 12.1 Å². The fourth-order valence-electron chi connectivity index (χ4n) is 4.09. The molecule has 0 radical (unpaired) electrons. The van der Waals surface area contributed by atoms with Gasteiger partial charge in [-0.1, -0.05) is 12.1 Å². The highest BCUT2D eigenvalue weighted by molar-refractivity contribution is 6.21. The van der Waals surface area contributed by atoms with E-state index in [2.05, 4.69) is 27.2 Å². The van der Waals surface area contributed by atoms with Gasteiger partial charge >= 0.3 is 0 Å². The third-order valence-corrected chi connectivity index (χ3v) is 6.08. The van der Waals surface area contributed by atoms with Gasteiger partial charge in [0.15, 0.2) is 0 Å². The first-order valence-corrected chi connectivity index (χ1v) is 10.8. The van der Waals surface area contributed by atoms with E-state index in [0.29, 0.717) is 23.4 Å². The average Bonchev–Trinajstić information content (AvgIpc) is 3.02. The monoisotopic (exact) mass is 436 g/mol. The third-order valence-electron chi connectivity index (χ3n) is 6.08. The molecular formula is C24H28N4O4. The predicted octanol–water partition coefficient (Wildman–Crippen LogP) is 1.72. The number of rotatable bonds is 7. The Kier molecular flexibility index (Phi) is 6.53. The van der Waals surface area contributed by atoms with Gasteiger partial charge in [-0.25, -0.2) is 0 Å². The normalized spacial score (nSPS) is 16.9. The van der Waals surface area contributed by atoms with Gasteiger partial charge in [-0.2, -0.15) is 0 Å². The van der Waals surface area contributed by atoms with E-state index in [9.17, 15) is 14.4 Å². The maximum Gasteiger partial charge on any atom is 0.261 e. The Hall–Kier alpha value is -3.23. The first-order valence-electron chi connectivity index (χ1n) is 10.8. The minimum Gasteiger partial charge on any atom is -0.497 e. The summed E-state index contributed by atoms with van der Waals surface area (Å²) in [6, 6.07) is 13.0. The molecule has 3 amide bonds. The van der Waals surface area contributed by atoms with Gasteiger partial charge in [0.2, 0.25) is 5.91 Å². The summed E-state index contributed by atoms with van der Waals surface area (Å²) in [5.74, 6) is 0.0920. The Bertz CT molecular complexity index is 1010. The third kappa shape index (κ3) is 4.81. The summed E-state index contributed by atoms with van der Waals surface area (Å²) in [6.45, 7) is 4.80. The first-order chi connectivity index (χ1) is 15.4. The van der Waals surface area contributed by atoms with E-state index < -0.39 is 0 Å². The van der Waals surface area contributed by atoms with Crippen LogP contribution in [0.1, 0.15) is 26.3 Å². The molecule has 0 spiro atoms. The van der Waals surface area contributed by atoms with Crippen molar-refractivity contribution in [2.75, 3.05) is 58.7 Å². The molecule has 0 saturated carbocycles. The number of hydrogen-bond donors (Lipinski definition) is 1. The molecule has 2 aliphatic rings. The fourth-order valence-corrected chi connectivity index (χ4v) is 4.09. The lowest BCUT2D eigenvalue weighted by molar-refractivity contribution is -0.117. The zero-order valence-corrected chi connectivity index (χ0v) is 18.5. The molecule has 1 fully saturated rings. The molecule has 4 rings (SSSR count). The van der Waals surface area contributed by atoms with Crippen LogP contribution in [0.25, 0.3) is 0 Å². The molecule has 2 aromatic carbocycles. The summed E-state index contributed by atoms with van der Waals surface area (Å²) < 4.78 is 5.20. The van der Waals surface area contributed by atoms with Crippen LogP contribution in [0.3, 0.4) is 0 Å². The van der Waals surface area contributed by atoms with Crippen molar-refractivity contribution < 1.29 is 19.1 Å². The van der Waals surface area contributed by atoms with Crippen molar-refractivity contribution in [3.05, 3.63) is 59.2 Å². The van der Waals surface area contributed by atoms with Crippen LogP contribution in [-0.2, 0) is 11.2 Å². The number of imide groups is 1. The number of amides is 3. The molecule has 8 nitrogen and oxygen atoms in total. The Balaban J connectivity index is 1.22. The van der Waals surface area contributed by atoms with Crippen molar-refractivity contribution >= 4 is 23.4 Å². The molecule has 32 heavy (non-hydrogen) atoms. The minimum absolute atomic E-state index is 0.123. The number of carbonyl (C=O) groups excluding carboxylic acids is 3. The van der Waals surface area contributed by atoms with Gasteiger partial charge in [-0.05, 0) is 42.3 Å². The van der Waals surface area contributed by atoms with Crippen molar-refractivity contribution in [2.24, 2.45) is 0 Å². The highest BCUT2D eigenvalue weighted by atomic mass is 16.5. The van der Waals surface area contributed by atoms with Crippen LogP contribution in [0.2, 0.25) is 0 Å². The van der Waals surface area contributed by atoms with Gasteiger partial charge in [-0.3, -0.25) is 24.2 Å². The summed E-state index contributed by atoms with van der Waals surface area (Å²) in [7, 11) is 3.13. The molecule has 1 N–H and O–H groups in total. The number of ether oxygens (including phenoxy) is 1. The maximum absolute atomic E-state index is 12.5. The lowest BCUT2D eigenvalue weighted by atomic mass is 10.1. The number of anilines is 1. The van der Waals surface area contributed by atoms with Gasteiger partial charge in [0.05, 0.1) is 24.8 Å². The average molecular weight is 437 g/mol. The van der Waals surface area contributed by atoms with Gasteiger partial charge in [0.25, 0.3) is 11.8 Å². The van der Waals surface area contributed by atoms with Gasteiger partial charge < -0.3 is 15.0 Å². The zero-order chi connectivity index (χ0) is 22.7. The van der Waals surface area contributed by atoms with E-state index >= 15 is 0 Å². The number of carbonyl (C=O) groups is 3. The van der Waals surface area contributed by atoms with Crippen LogP contribution in [-0.4, -0.2) is 85.8 Å². The van der Waals surface area contributed by atoms with Crippen LogP contribution in [0.4, 0.5) is 5.69 Å². The van der Waals surface area contributed by atoms with Crippen LogP contribution in [0.5, 0.6) is 5.75 Å². The summed E-state index contributed by atoms with van der Waals surface area (Å²) in [6.07, 6.45) is 0.985. The Morgan fingerprint density at radius 2 is 1.59 bits per heavy atom. The predicted molar refractivity (Wildman–Crippen MR) is 121 cm³/mol. The molecule has 2 heterocycles. The number of nitrogens with zero attached hydrogens (tertiary/aromatic N) is 3. The van der Waals surface area contributed by atoms with Crippen LogP contribution in [0, 0.1) is 0 Å². The first kappa shape index (κ1) is 22.0. The molecule has 0 bridgehead atoms. The molecule has 0 unspecified atom stereocenters. The maximum atomic E-state index is 12.5. The molecule has 0 aliphatic carbocycles. The van der Waals surface area contributed by atoms with E-state index in [0.717, 1.165) is 49.8 Å². The SMILES string of the molecule is COc1ccc(CCN2CCN(CC(=O)Nc3ccc4c(c3)C(=O)N(C)C4=O)CC2)cc1. The van der Waals surface area contributed by atoms with E-state index in [1.54, 1.807) is 25.3 Å². The summed E-state index contributed by atoms with van der Waals surface area (Å²) in [5.41, 5.74) is 2.53. The van der Waals surface area contributed by atoms with Gasteiger partial charge in [0, 0.05) is 45.5 Å². The molecule has 168 valence electrons. The van der Waals surface area contributed by atoms with Crippen molar-refractivity contribution in [3.8, 4) is 5.75 Å². The Labute approximate surface area is 187 Å². The second-order valence-electron chi connectivity index (χ2n) is 8.19. The fraction of sp³-hybridized carbons (Fsp3) is 0.375. The highest BCUT2D eigenvalue weighted by Gasteiger charge is 2.32. The van der Waals surface area contributed by atoms with E-state index in [-0.39, 0.29) is 17.7 Å². The molecule has 1 saturated heterocycles. The summed E-state index contributed by atoms with van der Waals surface area (Å²) in [4.78, 5) is 42.3. The number of piperazine rings is 1.